The van der Waals surface area contributed by atoms with Gasteiger partial charge in [-0.2, -0.15) is 0 Å². The monoisotopic (exact) mass is 424 g/mol. The molecule has 0 saturated carbocycles. The van der Waals surface area contributed by atoms with Crippen molar-refractivity contribution in [3.8, 4) is 0 Å². The van der Waals surface area contributed by atoms with Gasteiger partial charge in [0.15, 0.2) is 0 Å². The van der Waals surface area contributed by atoms with Gasteiger partial charge in [0.25, 0.3) is 17.4 Å². The summed E-state index contributed by atoms with van der Waals surface area (Å²) in [5.74, 6) is -0.282. The molecular weight excluding hydrogens is 392 g/mol. The Labute approximate surface area is 183 Å². The smallest absolute Gasteiger partial charge is 0.263 e. The van der Waals surface area contributed by atoms with Crippen LogP contribution < -0.4 is 21.5 Å². The Morgan fingerprint density at radius 3 is 2.52 bits per heavy atom. The fourth-order valence-electron chi connectivity index (χ4n) is 3.88. The molecule has 2 aromatic rings. The summed E-state index contributed by atoms with van der Waals surface area (Å²) in [6, 6.07) is 7.13. The minimum absolute atomic E-state index is 0.0932. The van der Waals surface area contributed by atoms with Crippen molar-refractivity contribution in [3.63, 3.8) is 0 Å². The van der Waals surface area contributed by atoms with Gasteiger partial charge in [-0.15, -0.1) is 0 Å². The fraction of sp³-hybridized carbons (Fsp3) is 0.458. The highest BCUT2D eigenvalue weighted by Crippen LogP contribution is 2.21. The maximum atomic E-state index is 13.1. The average molecular weight is 425 g/mol. The first-order chi connectivity index (χ1) is 14.8. The van der Waals surface area contributed by atoms with Crippen LogP contribution in [0.2, 0.25) is 0 Å². The zero-order chi connectivity index (χ0) is 22.5. The summed E-state index contributed by atoms with van der Waals surface area (Å²) < 4.78 is 1.69. The lowest BCUT2D eigenvalue weighted by Crippen LogP contribution is -2.37. The molecule has 3 rings (SSSR count). The van der Waals surface area contributed by atoms with E-state index in [0.29, 0.717) is 34.8 Å². The van der Waals surface area contributed by atoms with Gasteiger partial charge in [0, 0.05) is 30.0 Å². The molecule has 0 spiro atoms. The molecule has 0 radical (unpaired) electrons. The molecule has 1 aromatic heterocycles. The van der Waals surface area contributed by atoms with Crippen molar-refractivity contribution < 1.29 is 9.59 Å². The lowest BCUT2D eigenvalue weighted by Gasteiger charge is -2.25. The molecule has 3 N–H and O–H groups in total. The zero-order valence-electron chi connectivity index (χ0n) is 18.7. The molecule has 1 saturated heterocycles. The predicted molar refractivity (Wildman–Crippen MR) is 123 cm³/mol. The number of hydrogen-bond acceptors (Lipinski definition) is 4. The highest BCUT2D eigenvalue weighted by Gasteiger charge is 2.22. The predicted octanol–water partition coefficient (Wildman–Crippen LogP) is 3.03. The number of nitrogens with zero attached hydrogens (tertiary/aromatic N) is 1. The molecule has 7 nitrogen and oxygen atoms in total. The van der Waals surface area contributed by atoms with Crippen molar-refractivity contribution in [1.82, 2.24) is 15.2 Å². The molecular formula is C24H32N4O3. The van der Waals surface area contributed by atoms with Gasteiger partial charge in [-0.1, -0.05) is 19.9 Å². The number of benzene rings is 1. The van der Waals surface area contributed by atoms with Gasteiger partial charge < -0.3 is 20.5 Å². The summed E-state index contributed by atoms with van der Waals surface area (Å²) in [5, 5.41) is 9.05. The van der Waals surface area contributed by atoms with Crippen molar-refractivity contribution >= 4 is 17.5 Å². The highest BCUT2D eigenvalue weighted by molar-refractivity contribution is 6.06. The van der Waals surface area contributed by atoms with E-state index in [1.165, 1.54) is 0 Å². The third-order valence-electron chi connectivity index (χ3n) is 5.75. The zero-order valence-corrected chi connectivity index (χ0v) is 18.7. The van der Waals surface area contributed by atoms with E-state index in [9.17, 15) is 14.4 Å². The van der Waals surface area contributed by atoms with Crippen LogP contribution in [-0.2, 0) is 0 Å². The third kappa shape index (κ3) is 5.22. The maximum Gasteiger partial charge on any atom is 0.263 e. The maximum absolute atomic E-state index is 13.1. The largest absolute Gasteiger partial charge is 0.352 e. The summed E-state index contributed by atoms with van der Waals surface area (Å²) in [6.07, 6.45) is 3.50. The van der Waals surface area contributed by atoms with Gasteiger partial charge in [0.05, 0.1) is 0 Å². The number of aromatic nitrogens is 1. The molecule has 1 aromatic carbocycles. The van der Waals surface area contributed by atoms with Crippen LogP contribution in [0.1, 0.15) is 64.6 Å². The van der Waals surface area contributed by atoms with E-state index in [1.807, 2.05) is 19.9 Å². The van der Waals surface area contributed by atoms with Crippen molar-refractivity contribution in [2.45, 2.75) is 46.6 Å². The number of pyridine rings is 1. The molecule has 2 amide bonds. The number of rotatable bonds is 6. The lowest BCUT2D eigenvalue weighted by atomic mass is 10.0. The average Bonchev–Trinajstić information content (AvgIpc) is 2.74. The van der Waals surface area contributed by atoms with Crippen LogP contribution in [0.4, 0.5) is 5.69 Å². The van der Waals surface area contributed by atoms with Crippen LogP contribution >= 0.6 is 0 Å². The van der Waals surface area contributed by atoms with E-state index in [4.69, 9.17) is 0 Å². The SMILES string of the molecule is Cc1ccn(C2CCNCC2)c(=O)c1C(=O)Nc1cccc(C(=O)NCC(C)C)c1C. The molecule has 1 aliphatic heterocycles. The Kier molecular flexibility index (Phi) is 7.28. The van der Waals surface area contributed by atoms with Crippen molar-refractivity contribution in [2.24, 2.45) is 5.92 Å². The van der Waals surface area contributed by atoms with E-state index in [1.54, 1.807) is 42.8 Å². The summed E-state index contributed by atoms with van der Waals surface area (Å²) >= 11 is 0. The van der Waals surface area contributed by atoms with Crippen LogP contribution in [0, 0.1) is 19.8 Å². The summed E-state index contributed by atoms with van der Waals surface area (Å²) in [7, 11) is 0. The second-order valence-electron chi connectivity index (χ2n) is 8.60. The van der Waals surface area contributed by atoms with E-state index in [0.717, 1.165) is 25.9 Å². The van der Waals surface area contributed by atoms with Crippen molar-refractivity contribution in [3.05, 3.63) is 63.1 Å². The molecule has 0 atom stereocenters. The van der Waals surface area contributed by atoms with Crippen LogP contribution in [0.15, 0.2) is 35.3 Å². The first-order valence-corrected chi connectivity index (χ1v) is 10.9. The standard InChI is InChI=1S/C24H32N4O3/c1-15(2)14-26-22(29)19-6-5-7-20(17(19)4)27-23(30)21-16(3)10-13-28(24(21)31)18-8-11-25-12-9-18/h5-7,10,13,15,18,25H,8-9,11-12,14H2,1-4H3,(H,26,29)(H,27,30). The molecule has 166 valence electrons. The number of hydrogen-bond donors (Lipinski definition) is 3. The highest BCUT2D eigenvalue weighted by atomic mass is 16.2. The Hall–Kier alpha value is -2.93. The molecule has 31 heavy (non-hydrogen) atoms. The molecule has 1 fully saturated rings. The number of nitrogens with one attached hydrogen (secondary N) is 3. The normalized spacial score (nSPS) is 14.5. The third-order valence-corrected chi connectivity index (χ3v) is 5.75. The fourth-order valence-corrected chi connectivity index (χ4v) is 3.88. The second-order valence-corrected chi connectivity index (χ2v) is 8.60. The van der Waals surface area contributed by atoms with Crippen molar-refractivity contribution in [2.75, 3.05) is 25.0 Å². The number of piperidine rings is 1. The van der Waals surface area contributed by atoms with Gasteiger partial charge in [-0.3, -0.25) is 14.4 Å². The lowest BCUT2D eigenvalue weighted by molar-refractivity contribution is 0.0947. The van der Waals surface area contributed by atoms with Gasteiger partial charge in [0.1, 0.15) is 5.56 Å². The van der Waals surface area contributed by atoms with Gasteiger partial charge in [0.2, 0.25) is 0 Å². The van der Waals surface area contributed by atoms with E-state index in [2.05, 4.69) is 16.0 Å². The van der Waals surface area contributed by atoms with E-state index in [-0.39, 0.29) is 23.1 Å². The summed E-state index contributed by atoms with van der Waals surface area (Å²) in [5.41, 5.74) is 2.22. The molecule has 1 aliphatic rings. The Morgan fingerprint density at radius 2 is 1.84 bits per heavy atom. The Morgan fingerprint density at radius 1 is 1.13 bits per heavy atom. The minimum Gasteiger partial charge on any atom is -0.352 e. The van der Waals surface area contributed by atoms with Crippen molar-refractivity contribution in [1.29, 1.82) is 0 Å². The second kappa shape index (κ2) is 9.92. The topological polar surface area (TPSA) is 92.2 Å². The number of anilines is 1. The molecule has 0 unspecified atom stereocenters. The Balaban J connectivity index is 1.86. The molecule has 2 heterocycles. The number of carbonyl (C=O) groups excluding carboxylic acids is 2. The Bertz CT molecular complexity index is 1020. The van der Waals surface area contributed by atoms with Crippen LogP contribution in [0.5, 0.6) is 0 Å². The first kappa shape index (κ1) is 22.7. The van der Waals surface area contributed by atoms with E-state index >= 15 is 0 Å². The van der Waals surface area contributed by atoms with Gasteiger partial charge in [-0.25, -0.2) is 0 Å². The molecule has 0 aliphatic carbocycles. The van der Waals surface area contributed by atoms with Gasteiger partial charge >= 0.3 is 0 Å². The summed E-state index contributed by atoms with van der Waals surface area (Å²) in [4.78, 5) is 38.8. The number of amides is 2. The van der Waals surface area contributed by atoms with Gasteiger partial charge in [-0.05, 0) is 75.0 Å². The van der Waals surface area contributed by atoms with Crippen LogP contribution in [0.25, 0.3) is 0 Å². The van der Waals surface area contributed by atoms with Crippen LogP contribution in [0.3, 0.4) is 0 Å². The van der Waals surface area contributed by atoms with Crippen LogP contribution in [-0.4, -0.2) is 36.0 Å². The number of carbonyl (C=O) groups is 2. The number of aryl methyl sites for hydroxylation is 1. The molecule has 0 bridgehead atoms. The first-order valence-electron chi connectivity index (χ1n) is 10.9. The molecule has 7 heteroatoms. The summed E-state index contributed by atoms with van der Waals surface area (Å²) in [6.45, 7) is 9.92. The van der Waals surface area contributed by atoms with E-state index < -0.39 is 5.91 Å². The minimum atomic E-state index is -0.450. The quantitative estimate of drug-likeness (QED) is 0.665.